The number of carbonyl (C=O) groups is 1. The molecule has 0 radical (unpaired) electrons. The highest BCUT2D eigenvalue weighted by Crippen LogP contribution is 2.40. The molecule has 1 aromatic rings. The highest BCUT2D eigenvalue weighted by atomic mass is 35.5. The minimum atomic E-state index is -5.80. The average molecular weight is 331 g/mol. The van der Waals surface area contributed by atoms with Gasteiger partial charge in [-0.25, -0.2) is 0 Å². The topological polar surface area (TPSA) is 52.9 Å². The predicted octanol–water partition coefficient (Wildman–Crippen LogP) is 3.89. The number of anilines is 1. The number of nitrogens with zero attached hydrogens (tertiary/aromatic N) is 1. The van der Waals surface area contributed by atoms with Gasteiger partial charge in [-0.15, -0.1) is 0 Å². The third-order valence-corrected chi connectivity index (χ3v) is 2.60. The first-order valence-corrected chi connectivity index (χ1v) is 5.48. The van der Waals surface area contributed by atoms with E-state index in [0.717, 1.165) is 12.1 Å². The van der Waals surface area contributed by atoms with Gasteiger partial charge in [0, 0.05) is 0 Å². The molecule has 0 aliphatic heterocycles. The van der Waals surface area contributed by atoms with Gasteiger partial charge < -0.3 is 5.32 Å². The SMILES string of the molecule is N#Cc1ccc(Cl)c(NC(=O)C(C(F)(F)F)C(F)(F)F)c1. The fraction of sp³-hybridized carbons (Fsp3) is 0.273. The Kier molecular flexibility index (Phi) is 4.73. The van der Waals surface area contributed by atoms with Gasteiger partial charge in [-0.05, 0) is 18.2 Å². The molecule has 0 saturated heterocycles. The second-order valence-electron chi connectivity index (χ2n) is 3.81. The molecule has 10 heteroatoms. The highest BCUT2D eigenvalue weighted by Gasteiger charge is 2.61. The number of hydrogen-bond acceptors (Lipinski definition) is 2. The summed E-state index contributed by atoms with van der Waals surface area (Å²) in [5.41, 5.74) is -0.607. The first kappa shape index (κ1) is 17.1. The van der Waals surface area contributed by atoms with Crippen LogP contribution in [0.4, 0.5) is 32.0 Å². The normalized spacial score (nSPS) is 12.1. The molecule has 0 heterocycles. The molecular weight excluding hydrogens is 326 g/mol. The van der Waals surface area contributed by atoms with Crippen molar-refractivity contribution in [1.29, 1.82) is 5.26 Å². The van der Waals surface area contributed by atoms with Crippen LogP contribution in [0.5, 0.6) is 0 Å². The number of nitrogens with one attached hydrogen (secondary N) is 1. The summed E-state index contributed by atoms with van der Waals surface area (Å²) in [6, 6.07) is 4.71. The predicted molar refractivity (Wildman–Crippen MR) is 60.4 cm³/mol. The molecule has 0 atom stereocenters. The summed E-state index contributed by atoms with van der Waals surface area (Å²) in [7, 11) is 0. The average Bonchev–Trinajstić information content (AvgIpc) is 2.28. The molecule has 0 bridgehead atoms. The zero-order valence-electron chi connectivity index (χ0n) is 9.81. The maximum Gasteiger partial charge on any atom is 0.409 e. The van der Waals surface area contributed by atoms with Gasteiger partial charge >= 0.3 is 12.4 Å². The van der Waals surface area contributed by atoms with Crippen LogP contribution in [0.1, 0.15) is 5.56 Å². The van der Waals surface area contributed by atoms with Gasteiger partial charge in [-0.1, -0.05) is 11.6 Å². The van der Waals surface area contributed by atoms with E-state index in [2.05, 4.69) is 0 Å². The van der Waals surface area contributed by atoms with Crippen LogP contribution in [0.15, 0.2) is 18.2 Å². The molecule has 3 nitrogen and oxygen atoms in total. The number of nitriles is 1. The van der Waals surface area contributed by atoms with Crippen molar-refractivity contribution < 1.29 is 31.1 Å². The van der Waals surface area contributed by atoms with Crippen molar-refractivity contribution in [3.05, 3.63) is 28.8 Å². The van der Waals surface area contributed by atoms with Crippen molar-refractivity contribution in [1.82, 2.24) is 0 Å². The number of rotatable bonds is 2. The number of hydrogen-bond donors (Lipinski definition) is 1. The van der Waals surface area contributed by atoms with E-state index in [0.29, 0.717) is 0 Å². The molecule has 1 aromatic carbocycles. The first-order valence-electron chi connectivity index (χ1n) is 5.10. The van der Waals surface area contributed by atoms with Crippen LogP contribution < -0.4 is 5.32 Å². The minimum absolute atomic E-state index is 0.0923. The quantitative estimate of drug-likeness (QED) is 0.836. The van der Waals surface area contributed by atoms with Gasteiger partial charge in [0.1, 0.15) is 0 Å². The van der Waals surface area contributed by atoms with Crippen LogP contribution in [0.2, 0.25) is 5.02 Å². The summed E-state index contributed by atoms with van der Waals surface area (Å²) in [5, 5.41) is 9.72. The fourth-order valence-electron chi connectivity index (χ4n) is 1.38. The van der Waals surface area contributed by atoms with E-state index in [4.69, 9.17) is 16.9 Å². The Morgan fingerprint density at radius 3 is 2.14 bits per heavy atom. The Balaban J connectivity index is 3.12. The van der Waals surface area contributed by atoms with Crippen molar-refractivity contribution >= 4 is 23.2 Å². The summed E-state index contributed by atoms with van der Waals surface area (Å²) in [5.74, 6) is -6.52. The Labute approximate surface area is 119 Å². The molecular formula is C11H5ClF6N2O. The molecule has 1 amide bonds. The van der Waals surface area contributed by atoms with Crippen LogP contribution in [-0.4, -0.2) is 18.3 Å². The molecule has 21 heavy (non-hydrogen) atoms. The minimum Gasteiger partial charge on any atom is -0.324 e. The second kappa shape index (κ2) is 5.81. The highest BCUT2D eigenvalue weighted by molar-refractivity contribution is 6.33. The molecule has 0 fully saturated rings. The maximum atomic E-state index is 12.3. The van der Waals surface area contributed by atoms with Crippen LogP contribution in [0, 0.1) is 17.2 Å². The second-order valence-corrected chi connectivity index (χ2v) is 4.22. The van der Waals surface area contributed by atoms with Crippen molar-refractivity contribution in [3.63, 3.8) is 0 Å². The fourth-order valence-corrected chi connectivity index (χ4v) is 1.54. The molecule has 114 valence electrons. The van der Waals surface area contributed by atoms with Gasteiger partial charge in [0.05, 0.1) is 22.3 Å². The Bertz CT molecular complexity index is 576. The van der Waals surface area contributed by atoms with Gasteiger partial charge in [-0.3, -0.25) is 4.79 Å². The number of benzene rings is 1. The smallest absolute Gasteiger partial charge is 0.324 e. The largest absolute Gasteiger partial charge is 0.409 e. The molecule has 0 unspecified atom stereocenters. The first-order chi connectivity index (χ1) is 9.46. The summed E-state index contributed by atoms with van der Waals surface area (Å²) >= 11 is 5.54. The molecule has 0 aliphatic carbocycles. The number of halogens is 7. The molecule has 1 N–H and O–H groups in total. The van der Waals surface area contributed by atoms with Crippen molar-refractivity contribution in [2.75, 3.05) is 5.32 Å². The number of alkyl halides is 6. The zero-order valence-corrected chi connectivity index (χ0v) is 10.6. The van der Waals surface area contributed by atoms with E-state index < -0.39 is 29.9 Å². The van der Waals surface area contributed by atoms with Crippen molar-refractivity contribution in [3.8, 4) is 6.07 Å². The van der Waals surface area contributed by atoms with Gasteiger partial charge in [-0.2, -0.15) is 31.6 Å². The summed E-state index contributed by atoms with van der Waals surface area (Å²) in [6.07, 6.45) is -11.6. The molecule has 0 aliphatic rings. The van der Waals surface area contributed by atoms with Gasteiger partial charge in [0.25, 0.3) is 0 Å². The van der Waals surface area contributed by atoms with Crippen LogP contribution in [-0.2, 0) is 4.79 Å². The lowest BCUT2D eigenvalue weighted by molar-refractivity contribution is -0.272. The molecule has 0 aromatic heterocycles. The van der Waals surface area contributed by atoms with E-state index in [-0.39, 0.29) is 10.6 Å². The van der Waals surface area contributed by atoms with Crippen LogP contribution in [0.25, 0.3) is 0 Å². The molecule has 1 rings (SSSR count). The summed E-state index contributed by atoms with van der Waals surface area (Å²) < 4.78 is 74.1. The summed E-state index contributed by atoms with van der Waals surface area (Å²) in [4.78, 5) is 11.3. The third-order valence-electron chi connectivity index (χ3n) is 2.27. The molecule has 0 spiro atoms. The van der Waals surface area contributed by atoms with Crippen LogP contribution in [0.3, 0.4) is 0 Å². The maximum absolute atomic E-state index is 12.3. The van der Waals surface area contributed by atoms with E-state index in [1.807, 2.05) is 0 Å². The monoisotopic (exact) mass is 330 g/mol. The lowest BCUT2D eigenvalue weighted by atomic mass is 10.1. The standard InChI is InChI=1S/C11H5ClF6N2O/c12-6-2-1-5(4-19)3-7(6)20-9(21)8(10(13,14)15)11(16,17)18/h1-3,8H,(H,20,21). The summed E-state index contributed by atoms with van der Waals surface area (Å²) in [6.45, 7) is 0. The van der Waals surface area contributed by atoms with E-state index in [1.165, 1.54) is 11.4 Å². The van der Waals surface area contributed by atoms with Crippen molar-refractivity contribution in [2.24, 2.45) is 5.92 Å². The number of amides is 1. The van der Waals surface area contributed by atoms with E-state index in [9.17, 15) is 31.1 Å². The lowest BCUT2D eigenvalue weighted by Gasteiger charge is -2.22. The zero-order chi connectivity index (χ0) is 16.4. The lowest BCUT2D eigenvalue weighted by Crippen LogP contribution is -2.45. The van der Waals surface area contributed by atoms with E-state index in [1.54, 1.807) is 6.07 Å². The Morgan fingerprint density at radius 2 is 1.71 bits per heavy atom. The Morgan fingerprint density at radius 1 is 1.19 bits per heavy atom. The van der Waals surface area contributed by atoms with Crippen molar-refractivity contribution in [2.45, 2.75) is 12.4 Å². The van der Waals surface area contributed by atoms with Gasteiger partial charge in [0.2, 0.25) is 11.8 Å². The van der Waals surface area contributed by atoms with Gasteiger partial charge in [0.15, 0.2) is 0 Å². The Hall–Kier alpha value is -1.95. The van der Waals surface area contributed by atoms with E-state index >= 15 is 0 Å². The number of carbonyl (C=O) groups excluding carboxylic acids is 1. The molecule has 0 saturated carbocycles. The van der Waals surface area contributed by atoms with Crippen LogP contribution >= 0.6 is 11.6 Å². The third kappa shape index (κ3) is 4.26.